The maximum absolute atomic E-state index is 5.02. The fourth-order valence-corrected chi connectivity index (χ4v) is 8.24. The quantitative estimate of drug-likeness (QED) is 0.168. The predicted octanol–water partition coefficient (Wildman–Crippen LogP) is 13.1. The van der Waals surface area contributed by atoms with Crippen molar-refractivity contribution in [2.24, 2.45) is 0 Å². The van der Waals surface area contributed by atoms with Gasteiger partial charge in [-0.25, -0.2) is 15.0 Å². The van der Waals surface area contributed by atoms with Crippen molar-refractivity contribution in [1.29, 1.82) is 0 Å². The first-order chi connectivity index (χ1) is 27.3. The molecule has 11 aromatic rings. The summed E-state index contributed by atoms with van der Waals surface area (Å²) in [5.41, 5.74) is 8.55. The van der Waals surface area contributed by atoms with Gasteiger partial charge in [-0.05, 0) is 79.8 Å². The van der Waals surface area contributed by atoms with Crippen LogP contribution in [0.1, 0.15) is 0 Å². The summed E-state index contributed by atoms with van der Waals surface area (Å²) in [6.07, 6.45) is 0. The van der Waals surface area contributed by atoms with Crippen LogP contribution in [0.5, 0.6) is 0 Å². The van der Waals surface area contributed by atoms with Crippen LogP contribution in [0.3, 0.4) is 0 Å². The molecule has 0 amide bonds. The van der Waals surface area contributed by atoms with Gasteiger partial charge in [-0.1, -0.05) is 158 Å². The number of benzene rings is 9. The Bertz CT molecular complexity index is 3160. The second-order valence-corrected chi connectivity index (χ2v) is 14.0. The molecule has 0 saturated carbocycles. The van der Waals surface area contributed by atoms with Gasteiger partial charge in [-0.3, -0.25) is 0 Å². The fraction of sp³-hybridized carbons (Fsp3) is 0. The molecule has 0 bridgehead atoms. The second-order valence-electron chi connectivity index (χ2n) is 14.0. The minimum Gasteiger partial charge on any atom is -0.309 e. The van der Waals surface area contributed by atoms with E-state index < -0.39 is 0 Å². The molecule has 0 N–H and O–H groups in total. The van der Waals surface area contributed by atoms with Crippen molar-refractivity contribution >= 4 is 54.1 Å². The van der Waals surface area contributed by atoms with Crippen LogP contribution >= 0.6 is 0 Å². The van der Waals surface area contributed by atoms with Crippen molar-refractivity contribution in [3.05, 3.63) is 194 Å². The summed E-state index contributed by atoms with van der Waals surface area (Å²) in [4.78, 5) is 14.9. The minimum atomic E-state index is 0.634. The molecule has 256 valence electrons. The molecule has 55 heavy (non-hydrogen) atoms. The van der Waals surface area contributed by atoms with E-state index in [1.54, 1.807) is 0 Å². The van der Waals surface area contributed by atoms with E-state index in [1.165, 1.54) is 54.2 Å². The number of hydrogen-bond donors (Lipinski definition) is 0. The lowest BCUT2D eigenvalue weighted by molar-refractivity contribution is 1.07. The monoisotopic (exact) mass is 700 g/mol. The Hall–Kier alpha value is -7.43. The molecule has 0 fully saturated rings. The van der Waals surface area contributed by atoms with Crippen LogP contribution in [-0.4, -0.2) is 19.5 Å². The third kappa shape index (κ3) is 5.19. The lowest BCUT2D eigenvalue weighted by atomic mass is 9.92. The average molecular weight is 701 g/mol. The van der Waals surface area contributed by atoms with E-state index in [2.05, 4.69) is 138 Å². The van der Waals surface area contributed by atoms with Gasteiger partial charge < -0.3 is 4.57 Å². The first kappa shape index (κ1) is 31.1. The van der Waals surface area contributed by atoms with Crippen LogP contribution in [0, 0.1) is 0 Å². The number of fused-ring (bicyclic) bond motifs is 9. The summed E-state index contributed by atoms with van der Waals surface area (Å²) in [5, 5.41) is 10.1. The molecule has 11 rings (SSSR count). The van der Waals surface area contributed by atoms with Crippen LogP contribution in [0.25, 0.3) is 105 Å². The van der Waals surface area contributed by atoms with Crippen molar-refractivity contribution in [3.8, 4) is 51.0 Å². The Morgan fingerprint density at radius 3 is 1.31 bits per heavy atom. The Balaban J connectivity index is 1.06. The molecule has 0 aliphatic carbocycles. The molecule has 4 nitrogen and oxygen atoms in total. The van der Waals surface area contributed by atoms with Gasteiger partial charge in [-0.2, -0.15) is 0 Å². The van der Waals surface area contributed by atoms with Crippen molar-refractivity contribution < 1.29 is 0 Å². The van der Waals surface area contributed by atoms with Crippen molar-refractivity contribution in [2.45, 2.75) is 0 Å². The van der Waals surface area contributed by atoms with E-state index in [0.29, 0.717) is 17.5 Å². The van der Waals surface area contributed by atoms with Gasteiger partial charge in [0.05, 0.1) is 11.0 Å². The van der Waals surface area contributed by atoms with E-state index in [1.807, 2.05) is 60.7 Å². The summed E-state index contributed by atoms with van der Waals surface area (Å²) in [6, 6.07) is 68.8. The molecule has 0 radical (unpaired) electrons. The first-order valence-corrected chi connectivity index (χ1v) is 18.6. The number of aromatic nitrogens is 4. The van der Waals surface area contributed by atoms with E-state index in [-0.39, 0.29) is 0 Å². The lowest BCUT2D eigenvalue weighted by Gasteiger charge is -2.13. The summed E-state index contributed by atoms with van der Waals surface area (Å²) in [7, 11) is 0. The van der Waals surface area contributed by atoms with Gasteiger partial charge in [-0.15, -0.1) is 0 Å². The zero-order chi connectivity index (χ0) is 36.3. The molecule has 0 aliphatic rings. The van der Waals surface area contributed by atoms with Crippen molar-refractivity contribution in [2.75, 3.05) is 0 Å². The number of nitrogens with zero attached hydrogens (tertiary/aromatic N) is 4. The van der Waals surface area contributed by atoms with Gasteiger partial charge in [0.1, 0.15) is 0 Å². The predicted molar refractivity (Wildman–Crippen MR) is 228 cm³/mol. The molecule has 0 spiro atoms. The highest BCUT2D eigenvalue weighted by Gasteiger charge is 2.17. The third-order valence-electron chi connectivity index (χ3n) is 10.8. The van der Waals surface area contributed by atoms with Crippen LogP contribution in [-0.2, 0) is 0 Å². The molecule has 0 aliphatic heterocycles. The number of hydrogen-bond acceptors (Lipinski definition) is 3. The van der Waals surface area contributed by atoms with Gasteiger partial charge in [0.15, 0.2) is 17.5 Å². The zero-order valence-corrected chi connectivity index (χ0v) is 29.8. The molecular formula is C51H32N4. The summed E-state index contributed by atoms with van der Waals surface area (Å²) in [6.45, 7) is 0. The topological polar surface area (TPSA) is 43.6 Å². The minimum absolute atomic E-state index is 0.634. The highest BCUT2D eigenvalue weighted by atomic mass is 15.0. The smallest absolute Gasteiger partial charge is 0.164 e. The van der Waals surface area contributed by atoms with Gasteiger partial charge in [0.25, 0.3) is 0 Å². The number of para-hydroxylation sites is 1. The summed E-state index contributed by atoms with van der Waals surface area (Å²) >= 11 is 0. The second kappa shape index (κ2) is 12.6. The number of rotatable bonds is 5. The van der Waals surface area contributed by atoms with E-state index >= 15 is 0 Å². The molecule has 0 atom stereocenters. The van der Waals surface area contributed by atoms with E-state index in [0.717, 1.165) is 33.4 Å². The standard InChI is InChI=1S/C51H32N4/c1-3-14-33(15-4-1)49-52-50(34-16-5-2-6-17-34)54-51(53-49)37-18-13-19-38(30-37)55-47-25-12-11-24-44(47)46-32-36(27-29-48(46)55)35-26-28-43-41-22-8-7-20-39(41)40-21-9-10-23-42(40)45(43)31-35/h1-32H. The largest absolute Gasteiger partial charge is 0.309 e. The SMILES string of the molecule is c1ccc(-c2nc(-c3ccccc3)nc(-c3cccc(-n4c5ccccc5c5cc(-c6ccc7c8ccccc8c8ccccc8c7c6)ccc54)c3)n2)cc1. The Morgan fingerprint density at radius 1 is 0.255 bits per heavy atom. The molecule has 4 heteroatoms. The van der Waals surface area contributed by atoms with Gasteiger partial charge >= 0.3 is 0 Å². The Labute approximate surface area is 317 Å². The molecule has 0 saturated heterocycles. The maximum atomic E-state index is 5.02. The van der Waals surface area contributed by atoms with Crippen molar-refractivity contribution in [3.63, 3.8) is 0 Å². The van der Waals surface area contributed by atoms with Crippen molar-refractivity contribution in [1.82, 2.24) is 19.5 Å². The van der Waals surface area contributed by atoms with E-state index in [4.69, 9.17) is 15.0 Å². The molecule has 0 unspecified atom stereocenters. The summed E-state index contributed by atoms with van der Waals surface area (Å²) in [5.74, 6) is 1.93. The van der Waals surface area contributed by atoms with Crippen LogP contribution < -0.4 is 0 Å². The average Bonchev–Trinajstić information content (AvgIpc) is 3.60. The third-order valence-corrected chi connectivity index (χ3v) is 10.8. The molecule has 2 aromatic heterocycles. The highest BCUT2D eigenvalue weighted by molar-refractivity contribution is 6.25. The van der Waals surface area contributed by atoms with Gasteiger partial charge in [0.2, 0.25) is 0 Å². The lowest BCUT2D eigenvalue weighted by Crippen LogP contribution is -2.01. The molecule has 9 aromatic carbocycles. The van der Waals surface area contributed by atoms with E-state index in [9.17, 15) is 0 Å². The molecule has 2 heterocycles. The first-order valence-electron chi connectivity index (χ1n) is 18.6. The fourth-order valence-electron chi connectivity index (χ4n) is 8.24. The summed E-state index contributed by atoms with van der Waals surface area (Å²) < 4.78 is 2.36. The van der Waals surface area contributed by atoms with Crippen LogP contribution in [0.2, 0.25) is 0 Å². The zero-order valence-electron chi connectivity index (χ0n) is 29.8. The highest BCUT2D eigenvalue weighted by Crippen LogP contribution is 2.39. The maximum Gasteiger partial charge on any atom is 0.164 e. The van der Waals surface area contributed by atoms with Gasteiger partial charge in [0, 0.05) is 33.2 Å². The van der Waals surface area contributed by atoms with Crippen LogP contribution in [0.4, 0.5) is 0 Å². The molecular weight excluding hydrogens is 669 g/mol. The Kier molecular flexibility index (Phi) is 7.14. The normalized spacial score (nSPS) is 11.6. The van der Waals surface area contributed by atoms with Crippen LogP contribution in [0.15, 0.2) is 194 Å². The Morgan fingerprint density at radius 2 is 0.691 bits per heavy atom.